The van der Waals surface area contributed by atoms with Crippen LogP contribution in [-0.2, 0) is 0 Å². The minimum Gasteiger partial charge on any atom is -0.347 e. The molecular weight excluding hydrogens is 174 g/mol. The molecule has 0 spiro atoms. The number of aromatic amines is 1. The molecule has 0 aliphatic heterocycles. The number of H-pyrrole nitrogens is 1. The number of imidazole rings is 1. The zero-order valence-corrected chi connectivity index (χ0v) is 8.79. The third-order valence-corrected chi connectivity index (χ3v) is 2.15. The van der Waals surface area contributed by atoms with Gasteiger partial charge in [-0.1, -0.05) is 13.0 Å². The highest BCUT2D eigenvalue weighted by Crippen LogP contribution is 2.14. The van der Waals surface area contributed by atoms with Crippen LogP contribution < -0.4 is 5.32 Å². The summed E-state index contributed by atoms with van der Waals surface area (Å²) in [6, 6.07) is 0.336. The van der Waals surface area contributed by atoms with Crippen LogP contribution in [0.1, 0.15) is 38.1 Å². The molecule has 0 fully saturated rings. The van der Waals surface area contributed by atoms with Crippen LogP contribution in [0.2, 0.25) is 0 Å². The van der Waals surface area contributed by atoms with Crippen molar-refractivity contribution in [2.24, 2.45) is 0 Å². The van der Waals surface area contributed by atoms with E-state index in [0.29, 0.717) is 6.04 Å². The van der Waals surface area contributed by atoms with Crippen molar-refractivity contribution in [2.45, 2.75) is 32.2 Å². The van der Waals surface area contributed by atoms with E-state index in [-0.39, 0.29) is 0 Å². The summed E-state index contributed by atoms with van der Waals surface area (Å²) in [6.07, 6.45) is 8.82. The number of rotatable bonds is 7. The summed E-state index contributed by atoms with van der Waals surface area (Å²) in [5.41, 5.74) is 0. The van der Waals surface area contributed by atoms with Gasteiger partial charge in [0.05, 0.1) is 6.04 Å². The van der Waals surface area contributed by atoms with Crippen molar-refractivity contribution in [2.75, 3.05) is 6.54 Å². The molecule has 0 amide bonds. The molecule has 2 N–H and O–H groups in total. The molecule has 1 rings (SSSR count). The molecule has 3 nitrogen and oxygen atoms in total. The van der Waals surface area contributed by atoms with Crippen LogP contribution in [-0.4, -0.2) is 16.5 Å². The fraction of sp³-hybridized carbons (Fsp3) is 0.545. The van der Waals surface area contributed by atoms with E-state index >= 15 is 0 Å². The highest BCUT2D eigenvalue weighted by atomic mass is 15.0. The largest absolute Gasteiger partial charge is 0.347 e. The van der Waals surface area contributed by atoms with E-state index in [1.54, 1.807) is 6.20 Å². The summed E-state index contributed by atoms with van der Waals surface area (Å²) in [5.74, 6) is 1.03. The molecule has 1 atom stereocenters. The lowest BCUT2D eigenvalue weighted by Crippen LogP contribution is -2.23. The molecule has 0 bridgehead atoms. The number of nitrogens with zero attached hydrogens (tertiary/aromatic N) is 1. The first-order chi connectivity index (χ1) is 6.88. The van der Waals surface area contributed by atoms with Gasteiger partial charge in [0.2, 0.25) is 0 Å². The Morgan fingerprint density at radius 2 is 2.57 bits per heavy atom. The predicted octanol–water partition coefficient (Wildman–Crippen LogP) is 2.42. The highest BCUT2D eigenvalue weighted by molar-refractivity contribution is 4.96. The predicted molar refractivity (Wildman–Crippen MR) is 59.1 cm³/mol. The van der Waals surface area contributed by atoms with Crippen molar-refractivity contribution < 1.29 is 0 Å². The molecule has 1 unspecified atom stereocenters. The van der Waals surface area contributed by atoms with E-state index in [4.69, 9.17) is 0 Å². The second-order valence-electron chi connectivity index (χ2n) is 3.35. The van der Waals surface area contributed by atoms with Gasteiger partial charge < -0.3 is 10.3 Å². The Hall–Kier alpha value is -1.09. The molecule has 0 saturated heterocycles. The van der Waals surface area contributed by atoms with Crippen molar-refractivity contribution in [3.05, 3.63) is 30.9 Å². The zero-order valence-electron chi connectivity index (χ0n) is 8.79. The average Bonchev–Trinajstić information content (AvgIpc) is 2.71. The van der Waals surface area contributed by atoms with Gasteiger partial charge in [0.15, 0.2) is 0 Å². The van der Waals surface area contributed by atoms with E-state index in [1.165, 1.54) is 0 Å². The molecule has 1 heterocycles. The molecule has 0 aliphatic rings. The van der Waals surface area contributed by atoms with Gasteiger partial charge >= 0.3 is 0 Å². The standard InChI is InChI=1S/C11H19N3/c1-3-5-6-10(12-7-4-2)11-13-8-9-14-11/h3,8-10,12H,1,4-7H2,2H3,(H,13,14). The first kappa shape index (κ1) is 11.0. The summed E-state index contributed by atoms with van der Waals surface area (Å²) < 4.78 is 0. The smallest absolute Gasteiger partial charge is 0.123 e. The topological polar surface area (TPSA) is 40.7 Å². The quantitative estimate of drug-likeness (QED) is 0.653. The highest BCUT2D eigenvalue weighted by Gasteiger charge is 2.10. The Morgan fingerprint density at radius 1 is 1.71 bits per heavy atom. The Morgan fingerprint density at radius 3 is 3.14 bits per heavy atom. The maximum atomic E-state index is 4.27. The summed E-state index contributed by atoms with van der Waals surface area (Å²) >= 11 is 0. The summed E-state index contributed by atoms with van der Waals surface area (Å²) in [5, 5.41) is 3.47. The number of aromatic nitrogens is 2. The first-order valence-electron chi connectivity index (χ1n) is 5.22. The molecule has 0 saturated carbocycles. The number of hydrogen-bond donors (Lipinski definition) is 2. The SMILES string of the molecule is C=CCCC(NCCC)c1ncc[nH]1. The fourth-order valence-corrected chi connectivity index (χ4v) is 1.41. The molecule has 0 aromatic carbocycles. The van der Waals surface area contributed by atoms with Crippen LogP contribution in [0.25, 0.3) is 0 Å². The minimum atomic E-state index is 0.336. The summed E-state index contributed by atoms with van der Waals surface area (Å²) in [4.78, 5) is 7.42. The summed E-state index contributed by atoms with van der Waals surface area (Å²) in [7, 11) is 0. The van der Waals surface area contributed by atoms with Crippen molar-refractivity contribution in [3.8, 4) is 0 Å². The Balaban J connectivity index is 2.48. The fourth-order valence-electron chi connectivity index (χ4n) is 1.41. The van der Waals surface area contributed by atoms with Crippen molar-refractivity contribution in [1.29, 1.82) is 0 Å². The molecule has 1 aromatic heterocycles. The average molecular weight is 193 g/mol. The van der Waals surface area contributed by atoms with Crippen molar-refractivity contribution >= 4 is 0 Å². The van der Waals surface area contributed by atoms with Crippen molar-refractivity contribution in [3.63, 3.8) is 0 Å². The number of allylic oxidation sites excluding steroid dienone is 1. The zero-order chi connectivity index (χ0) is 10.2. The minimum absolute atomic E-state index is 0.336. The molecular formula is C11H19N3. The third kappa shape index (κ3) is 3.34. The third-order valence-electron chi connectivity index (χ3n) is 2.15. The lowest BCUT2D eigenvalue weighted by molar-refractivity contribution is 0.484. The van der Waals surface area contributed by atoms with Gasteiger partial charge in [-0.15, -0.1) is 6.58 Å². The summed E-state index contributed by atoms with van der Waals surface area (Å²) in [6.45, 7) is 6.93. The Kier molecular flexibility index (Phi) is 5.00. The normalized spacial score (nSPS) is 12.6. The van der Waals surface area contributed by atoms with E-state index in [0.717, 1.165) is 31.6 Å². The van der Waals surface area contributed by atoms with Crippen LogP contribution in [0.5, 0.6) is 0 Å². The second kappa shape index (κ2) is 6.38. The lowest BCUT2D eigenvalue weighted by atomic mass is 10.1. The number of hydrogen-bond acceptors (Lipinski definition) is 2. The lowest BCUT2D eigenvalue weighted by Gasteiger charge is -2.14. The van der Waals surface area contributed by atoms with Gasteiger partial charge in [-0.3, -0.25) is 0 Å². The van der Waals surface area contributed by atoms with Crippen LogP contribution >= 0.6 is 0 Å². The van der Waals surface area contributed by atoms with Gasteiger partial charge in [-0.2, -0.15) is 0 Å². The van der Waals surface area contributed by atoms with Crippen molar-refractivity contribution in [1.82, 2.24) is 15.3 Å². The van der Waals surface area contributed by atoms with E-state index in [2.05, 4.69) is 28.8 Å². The number of nitrogens with one attached hydrogen (secondary N) is 2. The first-order valence-corrected chi connectivity index (χ1v) is 5.22. The molecule has 3 heteroatoms. The maximum absolute atomic E-state index is 4.27. The molecule has 0 aliphatic carbocycles. The van der Waals surface area contributed by atoms with Crippen LogP contribution in [0, 0.1) is 0 Å². The van der Waals surface area contributed by atoms with E-state index < -0.39 is 0 Å². The maximum Gasteiger partial charge on any atom is 0.123 e. The molecule has 0 radical (unpaired) electrons. The molecule has 78 valence electrons. The Labute approximate surface area is 85.6 Å². The molecule has 1 aromatic rings. The van der Waals surface area contributed by atoms with Gasteiger partial charge in [0, 0.05) is 12.4 Å². The molecule has 14 heavy (non-hydrogen) atoms. The van der Waals surface area contributed by atoms with Crippen LogP contribution in [0.15, 0.2) is 25.0 Å². The van der Waals surface area contributed by atoms with E-state index in [9.17, 15) is 0 Å². The van der Waals surface area contributed by atoms with Crippen LogP contribution in [0.3, 0.4) is 0 Å². The monoisotopic (exact) mass is 193 g/mol. The van der Waals surface area contributed by atoms with Crippen LogP contribution in [0.4, 0.5) is 0 Å². The Bertz CT molecular complexity index is 241. The van der Waals surface area contributed by atoms with Gasteiger partial charge in [0.25, 0.3) is 0 Å². The van der Waals surface area contributed by atoms with E-state index in [1.807, 2.05) is 12.3 Å². The van der Waals surface area contributed by atoms with Gasteiger partial charge in [0.1, 0.15) is 5.82 Å². The second-order valence-corrected chi connectivity index (χ2v) is 3.35. The van der Waals surface area contributed by atoms with Gasteiger partial charge in [-0.05, 0) is 25.8 Å². The van der Waals surface area contributed by atoms with Gasteiger partial charge in [-0.25, -0.2) is 4.98 Å².